The summed E-state index contributed by atoms with van der Waals surface area (Å²) in [4.78, 5) is 28.9. The van der Waals surface area contributed by atoms with Gasteiger partial charge in [0.15, 0.2) is 5.16 Å². The molecule has 1 N–H and O–H groups in total. The molecule has 5 nitrogen and oxygen atoms in total. The van der Waals surface area contributed by atoms with Crippen LogP contribution in [0, 0.1) is 0 Å². The van der Waals surface area contributed by atoms with Crippen molar-refractivity contribution in [1.82, 2.24) is 14.9 Å². The van der Waals surface area contributed by atoms with Crippen molar-refractivity contribution in [3.63, 3.8) is 0 Å². The number of benzene rings is 1. The Bertz CT molecular complexity index is 791. The number of halogens is 1. The molecule has 1 aromatic carbocycles. The van der Waals surface area contributed by atoms with E-state index in [1.54, 1.807) is 4.57 Å². The van der Waals surface area contributed by atoms with E-state index < -0.39 is 5.91 Å². The summed E-state index contributed by atoms with van der Waals surface area (Å²) in [6.45, 7) is 2.49. The Morgan fingerprint density at radius 1 is 1.50 bits per heavy atom. The van der Waals surface area contributed by atoms with Crippen LogP contribution >= 0.6 is 27.7 Å². The van der Waals surface area contributed by atoms with E-state index in [2.05, 4.69) is 26.2 Å². The van der Waals surface area contributed by atoms with Crippen LogP contribution in [0.3, 0.4) is 0 Å². The van der Waals surface area contributed by atoms with E-state index in [1.807, 2.05) is 31.2 Å². The molecular formula is C15H14BrN3O2S. The van der Waals surface area contributed by atoms with E-state index in [-0.39, 0.29) is 17.2 Å². The van der Waals surface area contributed by atoms with E-state index in [4.69, 9.17) is 0 Å². The standard InChI is InChI=1S/C15H14BrN3O2S/c1-9(10-3-2-4-11(16)7-10)18-13(20)12-8-17-15-19(14(12)21)5-6-22-15/h2-4,7-9H,5-6H2,1H3,(H,18,20). The SMILES string of the molecule is CC(NC(=O)c1cnc2n(c1=O)CCS2)c1cccc(Br)c1. The molecule has 0 saturated heterocycles. The van der Waals surface area contributed by atoms with Gasteiger partial charge in [0.2, 0.25) is 0 Å². The molecule has 1 aliphatic heterocycles. The summed E-state index contributed by atoms with van der Waals surface area (Å²) in [6.07, 6.45) is 1.37. The number of hydrogen-bond donors (Lipinski definition) is 1. The minimum atomic E-state index is -0.392. The van der Waals surface area contributed by atoms with Crippen molar-refractivity contribution in [2.75, 3.05) is 5.75 Å². The van der Waals surface area contributed by atoms with Crippen LogP contribution in [-0.4, -0.2) is 21.2 Å². The quantitative estimate of drug-likeness (QED) is 0.832. The fourth-order valence-corrected chi connectivity index (χ4v) is 3.64. The molecule has 0 fully saturated rings. The van der Waals surface area contributed by atoms with Crippen LogP contribution in [0.2, 0.25) is 0 Å². The van der Waals surface area contributed by atoms with Crippen molar-refractivity contribution in [3.05, 3.63) is 56.4 Å². The Morgan fingerprint density at radius 3 is 3.09 bits per heavy atom. The van der Waals surface area contributed by atoms with Gasteiger partial charge in [-0.3, -0.25) is 14.2 Å². The fraction of sp³-hybridized carbons (Fsp3) is 0.267. The molecule has 1 unspecified atom stereocenters. The van der Waals surface area contributed by atoms with Gasteiger partial charge in [-0.15, -0.1) is 0 Å². The molecule has 0 radical (unpaired) electrons. The minimum Gasteiger partial charge on any atom is -0.345 e. The van der Waals surface area contributed by atoms with Crippen molar-refractivity contribution in [2.45, 2.75) is 24.7 Å². The van der Waals surface area contributed by atoms with Crippen LogP contribution in [0.4, 0.5) is 0 Å². The van der Waals surface area contributed by atoms with E-state index in [9.17, 15) is 9.59 Å². The molecule has 1 atom stereocenters. The average Bonchev–Trinajstić information content (AvgIpc) is 2.97. The van der Waals surface area contributed by atoms with Gasteiger partial charge in [0.25, 0.3) is 11.5 Å². The van der Waals surface area contributed by atoms with Crippen molar-refractivity contribution in [3.8, 4) is 0 Å². The average molecular weight is 380 g/mol. The van der Waals surface area contributed by atoms with Crippen LogP contribution in [0.1, 0.15) is 28.9 Å². The van der Waals surface area contributed by atoms with Crippen LogP contribution < -0.4 is 10.9 Å². The van der Waals surface area contributed by atoms with E-state index >= 15 is 0 Å². The van der Waals surface area contributed by atoms with E-state index in [0.717, 1.165) is 15.8 Å². The van der Waals surface area contributed by atoms with Gasteiger partial charge in [0, 0.05) is 23.0 Å². The molecule has 22 heavy (non-hydrogen) atoms. The maximum Gasteiger partial charge on any atom is 0.267 e. The third kappa shape index (κ3) is 2.96. The van der Waals surface area contributed by atoms with Crippen molar-refractivity contribution in [2.24, 2.45) is 0 Å². The number of thioether (sulfide) groups is 1. The molecule has 0 bridgehead atoms. The van der Waals surface area contributed by atoms with Crippen molar-refractivity contribution in [1.29, 1.82) is 0 Å². The number of nitrogens with zero attached hydrogens (tertiary/aromatic N) is 2. The number of hydrogen-bond acceptors (Lipinski definition) is 4. The number of fused-ring (bicyclic) bond motifs is 1. The predicted octanol–water partition coefficient (Wildman–Crippen LogP) is 2.60. The maximum absolute atomic E-state index is 12.4. The van der Waals surface area contributed by atoms with Crippen molar-refractivity contribution < 1.29 is 4.79 Å². The molecule has 1 aliphatic rings. The number of carbonyl (C=O) groups is 1. The Balaban J connectivity index is 1.82. The molecule has 0 spiro atoms. The first-order valence-electron chi connectivity index (χ1n) is 6.85. The highest BCUT2D eigenvalue weighted by atomic mass is 79.9. The lowest BCUT2D eigenvalue weighted by molar-refractivity contribution is 0.0937. The van der Waals surface area contributed by atoms with Gasteiger partial charge in [0.1, 0.15) is 5.56 Å². The molecule has 3 rings (SSSR count). The smallest absolute Gasteiger partial charge is 0.267 e. The number of amides is 1. The lowest BCUT2D eigenvalue weighted by Crippen LogP contribution is -2.34. The van der Waals surface area contributed by atoms with Gasteiger partial charge in [-0.25, -0.2) is 4.98 Å². The zero-order valence-corrected chi connectivity index (χ0v) is 14.3. The second-order valence-electron chi connectivity index (χ2n) is 5.01. The molecule has 0 saturated carbocycles. The second-order valence-corrected chi connectivity index (χ2v) is 6.99. The molecule has 114 valence electrons. The van der Waals surface area contributed by atoms with Gasteiger partial charge >= 0.3 is 0 Å². The third-order valence-electron chi connectivity index (χ3n) is 3.50. The zero-order chi connectivity index (χ0) is 15.7. The lowest BCUT2D eigenvalue weighted by Gasteiger charge is -2.14. The molecule has 2 heterocycles. The first-order valence-corrected chi connectivity index (χ1v) is 8.63. The summed E-state index contributed by atoms with van der Waals surface area (Å²) >= 11 is 4.94. The summed E-state index contributed by atoms with van der Waals surface area (Å²) in [5, 5.41) is 3.53. The van der Waals surface area contributed by atoms with E-state index in [0.29, 0.717) is 11.7 Å². The van der Waals surface area contributed by atoms with Gasteiger partial charge in [-0.1, -0.05) is 39.8 Å². The van der Waals surface area contributed by atoms with Crippen LogP contribution in [-0.2, 0) is 6.54 Å². The van der Waals surface area contributed by atoms with Crippen LogP contribution in [0.5, 0.6) is 0 Å². The zero-order valence-electron chi connectivity index (χ0n) is 11.9. The summed E-state index contributed by atoms with van der Waals surface area (Å²) in [5.41, 5.74) is 0.787. The Hall–Kier alpha value is -1.60. The summed E-state index contributed by atoms with van der Waals surface area (Å²) < 4.78 is 2.51. The monoisotopic (exact) mass is 379 g/mol. The van der Waals surface area contributed by atoms with Gasteiger partial charge in [-0.2, -0.15) is 0 Å². The molecular weight excluding hydrogens is 366 g/mol. The van der Waals surface area contributed by atoms with Crippen LogP contribution in [0.25, 0.3) is 0 Å². The highest BCUT2D eigenvalue weighted by molar-refractivity contribution is 9.10. The van der Waals surface area contributed by atoms with Gasteiger partial charge in [-0.05, 0) is 24.6 Å². The first kappa shape index (κ1) is 15.3. The molecule has 1 amide bonds. The largest absolute Gasteiger partial charge is 0.345 e. The topological polar surface area (TPSA) is 64.0 Å². The van der Waals surface area contributed by atoms with Crippen LogP contribution in [0.15, 0.2) is 44.9 Å². The number of carbonyl (C=O) groups excluding carboxylic acids is 1. The molecule has 2 aromatic rings. The third-order valence-corrected chi connectivity index (χ3v) is 4.96. The molecule has 1 aromatic heterocycles. The Labute approximate surface area is 140 Å². The second kappa shape index (κ2) is 6.26. The Kier molecular flexibility index (Phi) is 4.35. The normalized spacial score (nSPS) is 14.5. The predicted molar refractivity (Wildman–Crippen MR) is 89.2 cm³/mol. The highest BCUT2D eigenvalue weighted by Gasteiger charge is 2.21. The maximum atomic E-state index is 12.4. The Morgan fingerprint density at radius 2 is 2.32 bits per heavy atom. The van der Waals surface area contributed by atoms with E-state index in [1.165, 1.54) is 18.0 Å². The first-order chi connectivity index (χ1) is 10.6. The number of nitrogens with one attached hydrogen (secondary N) is 1. The lowest BCUT2D eigenvalue weighted by atomic mass is 10.1. The summed E-state index contributed by atoms with van der Waals surface area (Å²) in [5.74, 6) is 0.430. The van der Waals surface area contributed by atoms with Crippen molar-refractivity contribution >= 4 is 33.6 Å². The summed E-state index contributed by atoms with van der Waals surface area (Å²) in [6, 6.07) is 7.50. The molecule has 7 heteroatoms. The molecule has 0 aliphatic carbocycles. The highest BCUT2D eigenvalue weighted by Crippen LogP contribution is 2.21. The number of rotatable bonds is 3. The van der Waals surface area contributed by atoms with Gasteiger partial charge < -0.3 is 5.32 Å². The van der Waals surface area contributed by atoms with Gasteiger partial charge in [0.05, 0.1) is 6.04 Å². The summed E-state index contributed by atoms with van der Waals surface area (Å²) in [7, 11) is 0. The number of aromatic nitrogens is 2. The minimum absolute atomic E-state index is 0.0908. The fourth-order valence-electron chi connectivity index (χ4n) is 2.31.